The fourth-order valence-electron chi connectivity index (χ4n) is 2.09. The van der Waals surface area contributed by atoms with Crippen LogP contribution in [0, 0.1) is 5.41 Å². The van der Waals surface area contributed by atoms with Gasteiger partial charge in [0.15, 0.2) is 0 Å². The monoisotopic (exact) mass is 252 g/mol. The fourth-order valence-corrected chi connectivity index (χ4v) is 2.09. The van der Waals surface area contributed by atoms with Crippen LogP contribution in [0.3, 0.4) is 0 Å². The fraction of sp³-hybridized carbons (Fsp3) is 1.00. The van der Waals surface area contributed by atoms with Gasteiger partial charge in [-0.05, 0) is 18.5 Å². The van der Waals surface area contributed by atoms with Gasteiger partial charge in [-0.15, -0.1) is 0 Å². The molecule has 0 saturated carbocycles. The third-order valence-corrected chi connectivity index (χ3v) is 3.03. The molecule has 1 aliphatic rings. The molecule has 17 heavy (non-hydrogen) atoms. The Balaban J connectivity index is 2.62. The molecule has 1 heterocycles. The molecular formula is C9H15F3N4O. The number of alkyl halides is 3. The van der Waals surface area contributed by atoms with Gasteiger partial charge in [0, 0.05) is 31.7 Å². The van der Waals surface area contributed by atoms with E-state index in [0.717, 1.165) is 0 Å². The number of ether oxygens (including phenoxy) is 1. The average molecular weight is 252 g/mol. The molecule has 1 saturated heterocycles. The molecule has 5 nitrogen and oxygen atoms in total. The first-order chi connectivity index (χ1) is 7.95. The van der Waals surface area contributed by atoms with Gasteiger partial charge >= 0.3 is 6.18 Å². The molecule has 1 atom stereocenters. The Labute approximate surface area is 97.2 Å². The van der Waals surface area contributed by atoms with E-state index in [0.29, 0.717) is 13.1 Å². The zero-order valence-corrected chi connectivity index (χ0v) is 9.57. The van der Waals surface area contributed by atoms with Crippen molar-refractivity contribution in [3.05, 3.63) is 10.4 Å². The molecule has 1 rings (SSSR count). The number of hydrogen-bond donors (Lipinski definition) is 0. The predicted octanol–water partition coefficient (Wildman–Crippen LogP) is 2.20. The van der Waals surface area contributed by atoms with Gasteiger partial charge in [0.1, 0.15) is 5.41 Å². The van der Waals surface area contributed by atoms with Gasteiger partial charge in [0.05, 0.1) is 6.61 Å². The van der Waals surface area contributed by atoms with Gasteiger partial charge in [-0.25, -0.2) is 0 Å². The standard InChI is InChI=1S/C9H15F3N4O/c1-17-7-8(9(10,11)12)2-4-16(6-8)5-3-14-15-13/h2-7H2,1H3/t8-/m1/s1. The van der Waals surface area contributed by atoms with Gasteiger partial charge in [0.25, 0.3) is 0 Å². The maximum absolute atomic E-state index is 13.0. The second-order valence-corrected chi connectivity index (χ2v) is 4.19. The van der Waals surface area contributed by atoms with Crippen LogP contribution < -0.4 is 0 Å². The van der Waals surface area contributed by atoms with E-state index in [4.69, 9.17) is 10.3 Å². The summed E-state index contributed by atoms with van der Waals surface area (Å²) in [5, 5.41) is 3.32. The highest BCUT2D eigenvalue weighted by Gasteiger charge is 2.57. The van der Waals surface area contributed by atoms with Crippen LogP contribution in [-0.4, -0.2) is 51.0 Å². The normalized spacial score (nSPS) is 25.9. The van der Waals surface area contributed by atoms with Crippen LogP contribution in [0.1, 0.15) is 6.42 Å². The van der Waals surface area contributed by atoms with Crippen molar-refractivity contribution in [2.24, 2.45) is 10.5 Å². The summed E-state index contributed by atoms with van der Waals surface area (Å²) in [6, 6.07) is 0. The number of nitrogens with zero attached hydrogens (tertiary/aromatic N) is 4. The van der Waals surface area contributed by atoms with Crippen molar-refractivity contribution in [3.8, 4) is 0 Å². The van der Waals surface area contributed by atoms with Gasteiger partial charge in [-0.3, -0.25) is 0 Å². The molecule has 1 fully saturated rings. The lowest BCUT2D eigenvalue weighted by Gasteiger charge is -2.31. The van der Waals surface area contributed by atoms with Gasteiger partial charge in [-0.2, -0.15) is 13.2 Å². The Bertz CT molecular complexity index is 303. The molecule has 0 aromatic rings. The molecule has 1 aliphatic heterocycles. The van der Waals surface area contributed by atoms with Gasteiger partial charge in [0.2, 0.25) is 0 Å². The first-order valence-electron chi connectivity index (χ1n) is 5.24. The van der Waals surface area contributed by atoms with E-state index >= 15 is 0 Å². The van der Waals surface area contributed by atoms with Crippen LogP contribution in [0.2, 0.25) is 0 Å². The maximum Gasteiger partial charge on any atom is 0.397 e. The highest BCUT2D eigenvalue weighted by molar-refractivity contribution is 4.95. The number of rotatable bonds is 5. The molecule has 0 bridgehead atoms. The summed E-state index contributed by atoms with van der Waals surface area (Å²) in [5.41, 5.74) is 6.32. The second-order valence-electron chi connectivity index (χ2n) is 4.19. The van der Waals surface area contributed by atoms with Crippen LogP contribution in [-0.2, 0) is 4.74 Å². The Morgan fingerprint density at radius 1 is 1.53 bits per heavy atom. The molecule has 0 N–H and O–H groups in total. The predicted molar refractivity (Wildman–Crippen MR) is 55.4 cm³/mol. The van der Waals surface area contributed by atoms with E-state index in [-0.39, 0.29) is 26.1 Å². The van der Waals surface area contributed by atoms with Crippen molar-refractivity contribution in [2.75, 3.05) is 39.9 Å². The minimum absolute atomic E-state index is 0.0284. The van der Waals surface area contributed by atoms with E-state index in [1.165, 1.54) is 7.11 Å². The largest absolute Gasteiger partial charge is 0.397 e. The van der Waals surface area contributed by atoms with Crippen molar-refractivity contribution < 1.29 is 17.9 Å². The Morgan fingerprint density at radius 2 is 2.24 bits per heavy atom. The summed E-state index contributed by atoms with van der Waals surface area (Å²) in [5.74, 6) is 0. The molecule has 0 aromatic carbocycles. The lowest BCUT2D eigenvalue weighted by molar-refractivity contribution is -0.233. The van der Waals surface area contributed by atoms with E-state index < -0.39 is 11.6 Å². The quantitative estimate of drug-likeness (QED) is 0.428. The highest BCUT2D eigenvalue weighted by atomic mass is 19.4. The summed E-state index contributed by atoms with van der Waals surface area (Å²) in [6.45, 7) is 0.479. The lowest BCUT2D eigenvalue weighted by Crippen LogP contribution is -2.44. The van der Waals surface area contributed by atoms with Crippen molar-refractivity contribution in [1.29, 1.82) is 0 Å². The summed E-state index contributed by atoms with van der Waals surface area (Å²) in [7, 11) is 1.27. The van der Waals surface area contributed by atoms with Crippen LogP contribution in [0.5, 0.6) is 0 Å². The number of methoxy groups -OCH3 is 1. The van der Waals surface area contributed by atoms with Crippen LogP contribution in [0.15, 0.2) is 5.11 Å². The van der Waals surface area contributed by atoms with Crippen molar-refractivity contribution in [1.82, 2.24) is 4.90 Å². The van der Waals surface area contributed by atoms with Crippen molar-refractivity contribution >= 4 is 0 Å². The van der Waals surface area contributed by atoms with Crippen molar-refractivity contribution in [2.45, 2.75) is 12.6 Å². The van der Waals surface area contributed by atoms with E-state index in [9.17, 15) is 13.2 Å². The Morgan fingerprint density at radius 3 is 2.76 bits per heavy atom. The summed E-state index contributed by atoms with van der Waals surface area (Å²) in [6.07, 6.45) is -4.24. The molecule has 0 aliphatic carbocycles. The third-order valence-electron chi connectivity index (χ3n) is 3.03. The first-order valence-corrected chi connectivity index (χ1v) is 5.24. The van der Waals surface area contributed by atoms with Crippen molar-refractivity contribution in [3.63, 3.8) is 0 Å². The first kappa shape index (κ1) is 14.1. The number of azide groups is 1. The Hall–Kier alpha value is -0.980. The van der Waals surface area contributed by atoms with E-state index in [2.05, 4.69) is 10.0 Å². The zero-order valence-electron chi connectivity index (χ0n) is 9.57. The number of likely N-dealkylation sites (tertiary alicyclic amines) is 1. The summed E-state index contributed by atoms with van der Waals surface area (Å²) >= 11 is 0. The van der Waals surface area contributed by atoms with Crippen LogP contribution in [0.25, 0.3) is 10.4 Å². The average Bonchev–Trinajstić information content (AvgIpc) is 2.63. The minimum Gasteiger partial charge on any atom is -0.384 e. The minimum atomic E-state index is -4.27. The molecule has 0 unspecified atom stereocenters. The van der Waals surface area contributed by atoms with Crippen LogP contribution >= 0.6 is 0 Å². The van der Waals surface area contributed by atoms with Gasteiger partial charge < -0.3 is 9.64 Å². The molecule has 98 valence electrons. The topological polar surface area (TPSA) is 61.2 Å². The summed E-state index contributed by atoms with van der Waals surface area (Å²) < 4.78 is 43.6. The lowest BCUT2D eigenvalue weighted by atomic mass is 9.87. The SMILES string of the molecule is COC[C@@]1(C(F)(F)F)CCN(CCN=[N+]=[N-])C1. The molecule has 0 spiro atoms. The molecule has 0 amide bonds. The highest BCUT2D eigenvalue weighted by Crippen LogP contribution is 2.45. The zero-order chi connectivity index (χ0) is 12.9. The molecular weight excluding hydrogens is 237 g/mol. The van der Waals surface area contributed by atoms with Gasteiger partial charge in [-0.1, -0.05) is 5.11 Å². The second kappa shape index (κ2) is 5.57. The molecule has 0 aromatic heterocycles. The smallest absolute Gasteiger partial charge is 0.384 e. The summed E-state index contributed by atoms with van der Waals surface area (Å²) in [4.78, 5) is 4.22. The molecule has 0 radical (unpaired) electrons. The Kier molecular flexibility index (Phi) is 4.62. The van der Waals surface area contributed by atoms with E-state index in [1.807, 2.05) is 0 Å². The number of halogens is 3. The maximum atomic E-state index is 13.0. The van der Waals surface area contributed by atoms with Crippen LogP contribution in [0.4, 0.5) is 13.2 Å². The number of hydrogen-bond acceptors (Lipinski definition) is 3. The molecule has 8 heteroatoms. The third kappa shape index (κ3) is 3.24. The van der Waals surface area contributed by atoms with E-state index in [1.54, 1.807) is 4.90 Å².